The van der Waals surface area contributed by atoms with Crippen molar-refractivity contribution < 1.29 is 9.59 Å². The van der Waals surface area contributed by atoms with Gasteiger partial charge in [0.15, 0.2) is 0 Å². The fourth-order valence-corrected chi connectivity index (χ4v) is 0.774. The van der Waals surface area contributed by atoms with Gasteiger partial charge in [0.2, 0.25) is 5.91 Å². The maximum absolute atomic E-state index is 11.0. The molecule has 7 heteroatoms. The lowest BCUT2D eigenvalue weighted by molar-refractivity contribution is -0.119. The SMILES string of the molecule is CN(C)C(=O)NCCNCC(N)C(N)=O. The van der Waals surface area contributed by atoms with Gasteiger partial charge in [-0.25, -0.2) is 4.79 Å². The van der Waals surface area contributed by atoms with Gasteiger partial charge in [0.1, 0.15) is 0 Å². The molecule has 0 saturated heterocycles. The highest BCUT2D eigenvalue weighted by atomic mass is 16.2. The Morgan fingerprint density at radius 1 is 1.33 bits per heavy atom. The van der Waals surface area contributed by atoms with E-state index in [0.717, 1.165) is 0 Å². The Labute approximate surface area is 89.2 Å². The highest BCUT2D eigenvalue weighted by Crippen LogP contribution is 1.75. The summed E-state index contributed by atoms with van der Waals surface area (Å²) in [6, 6.07) is -0.842. The van der Waals surface area contributed by atoms with E-state index < -0.39 is 11.9 Å². The predicted octanol–water partition coefficient (Wildman–Crippen LogP) is -2.34. The quantitative estimate of drug-likeness (QED) is 0.373. The Kier molecular flexibility index (Phi) is 6.39. The van der Waals surface area contributed by atoms with Crippen molar-refractivity contribution in [3.63, 3.8) is 0 Å². The molecule has 15 heavy (non-hydrogen) atoms. The van der Waals surface area contributed by atoms with Gasteiger partial charge in [0.25, 0.3) is 0 Å². The number of hydrogen-bond donors (Lipinski definition) is 4. The molecule has 1 atom stereocenters. The molecule has 0 aromatic heterocycles. The molecule has 0 rings (SSSR count). The zero-order valence-corrected chi connectivity index (χ0v) is 9.12. The number of nitrogens with zero attached hydrogens (tertiary/aromatic N) is 1. The summed E-state index contributed by atoms with van der Waals surface area (Å²) in [7, 11) is 3.32. The van der Waals surface area contributed by atoms with Gasteiger partial charge in [0, 0.05) is 33.7 Å². The van der Waals surface area contributed by atoms with Gasteiger partial charge in [-0.15, -0.1) is 0 Å². The minimum Gasteiger partial charge on any atom is -0.368 e. The van der Waals surface area contributed by atoms with Gasteiger partial charge in [-0.05, 0) is 0 Å². The predicted molar refractivity (Wildman–Crippen MR) is 57.1 cm³/mol. The van der Waals surface area contributed by atoms with Gasteiger partial charge in [-0.3, -0.25) is 4.79 Å². The van der Waals surface area contributed by atoms with Crippen molar-refractivity contribution in [3.05, 3.63) is 0 Å². The number of carbonyl (C=O) groups excluding carboxylic acids is 2. The Hall–Kier alpha value is -1.34. The first-order valence-electron chi connectivity index (χ1n) is 4.66. The molecule has 3 amide bonds. The van der Waals surface area contributed by atoms with E-state index in [-0.39, 0.29) is 6.03 Å². The highest BCUT2D eigenvalue weighted by molar-refractivity contribution is 5.79. The fourth-order valence-electron chi connectivity index (χ4n) is 0.774. The van der Waals surface area contributed by atoms with Crippen LogP contribution in [0.3, 0.4) is 0 Å². The van der Waals surface area contributed by atoms with Crippen LogP contribution in [0.5, 0.6) is 0 Å². The van der Waals surface area contributed by atoms with Gasteiger partial charge < -0.3 is 27.0 Å². The molecular formula is C8H19N5O2. The summed E-state index contributed by atoms with van der Waals surface area (Å²) in [4.78, 5) is 23.0. The molecule has 0 radical (unpaired) electrons. The van der Waals surface area contributed by atoms with E-state index in [1.54, 1.807) is 14.1 Å². The lowest BCUT2D eigenvalue weighted by atomic mass is 10.3. The van der Waals surface area contributed by atoms with E-state index >= 15 is 0 Å². The lowest BCUT2D eigenvalue weighted by Crippen LogP contribution is -2.46. The first-order chi connectivity index (χ1) is 6.95. The number of rotatable bonds is 6. The Bertz CT molecular complexity index is 219. The van der Waals surface area contributed by atoms with Crippen LogP contribution in [-0.2, 0) is 4.79 Å². The Morgan fingerprint density at radius 2 is 1.93 bits per heavy atom. The van der Waals surface area contributed by atoms with Crippen molar-refractivity contribution in [3.8, 4) is 0 Å². The molecule has 0 heterocycles. The largest absolute Gasteiger partial charge is 0.368 e. The maximum atomic E-state index is 11.0. The molecule has 0 fully saturated rings. The van der Waals surface area contributed by atoms with E-state index in [9.17, 15) is 9.59 Å². The third kappa shape index (κ3) is 6.69. The van der Waals surface area contributed by atoms with Crippen molar-refractivity contribution in [2.75, 3.05) is 33.7 Å². The molecule has 0 aliphatic carbocycles. The van der Waals surface area contributed by atoms with Crippen molar-refractivity contribution in [1.29, 1.82) is 0 Å². The second kappa shape index (κ2) is 7.02. The molecule has 0 aliphatic rings. The molecule has 0 bridgehead atoms. The standard InChI is InChI=1S/C8H19N5O2/c1-13(2)8(15)12-4-3-11-5-6(9)7(10)14/h6,11H,3-5,9H2,1-2H3,(H2,10,14)(H,12,15). The molecule has 1 unspecified atom stereocenters. The topological polar surface area (TPSA) is 113 Å². The fraction of sp³-hybridized carbons (Fsp3) is 0.750. The van der Waals surface area contributed by atoms with Crippen molar-refractivity contribution in [1.82, 2.24) is 15.5 Å². The third-order valence-electron chi connectivity index (χ3n) is 1.71. The van der Waals surface area contributed by atoms with Crippen LogP contribution in [0.2, 0.25) is 0 Å². The van der Waals surface area contributed by atoms with E-state index in [0.29, 0.717) is 19.6 Å². The zero-order valence-electron chi connectivity index (χ0n) is 9.12. The van der Waals surface area contributed by atoms with Gasteiger partial charge >= 0.3 is 6.03 Å². The number of nitrogens with one attached hydrogen (secondary N) is 2. The highest BCUT2D eigenvalue weighted by Gasteiger charge is 2.07. The number of urea groups is 1. The summed E-state index contributed by atoms with van der Waals surface area (Å²) in [6.07, 6.45) is 0. The average Bonchev–Trinajstić information content (AvgIpc) is 2.16. The van der Waals surface area contributed by atoms with Crippen molar-refractivity contribution >= 4 is 11.9 Å². The smallest absolute Gasteiger partial charge is 0.316 e. The summed E-state index contributed by atoms with van der Waals surface area (Å²) >= 11 is 0. The zero-order chi connectivity index (χ0) is 11.8. The number of nitrogens with two attached hydrogens (primary N) is 2. The van der Waals surface area contributed by atoms with Gasteiger partial charge in [-0.1, -0.05) is 0 Å². The van der Waals surface area contributed by atoms with Crippen LogP contribution in [0, 0.1) is 0 Å². The molecule has 88 valence electrons. The van der Waals surface area contributed by atoms with Crippen LogP contribution in [0.1, 0.15) is 0 Å². The first kappa shape index (κ1) is 13.7. The van der Waals surface area contributed by atoms with Crippen LogP contribution in [0.4, 0.5) is 4.79 Å². The second-order valence-electron chi connectivity index (χ2n) is 3.34. The number of amides is 3. The van der Waals surface area contributed by atoms with Gasteiger partial charge in [-0.2, -0.15) is 0 Å². The van der Waals surface area contributed by atoms with E-state index in [1.807, 2.05) is 0 Å². The van der Waals surface area contributed by atoms with Gasteiger partial charge in [0.05, 0.1) is 6.04 Å². The normalized spacial score (nSPS) is 11.9. The van der Waals surface area contributed by atoms with E-state index in [2.05, 4.69) is 10.6 Å². The molecule has 0 spiro atoms. The second-order valence-corrected chi connectivity index (χ2v) is 3.34. The Morgan fingerprint density at radius 3 is 2.40 bits per heavy atom. The molecular weight excluding hydrogens is 198 g/mol. The van der Waals surface area contributed by atoms with Crippen LogP contribution in [-0.4, -0.2) is 56.6 Å². The van der Waals surface area contributed by atoms with Crippen LogP contribution in [0.25, 0.3) is 0 Å². The first-order valence-corrected chi connectivity index (χ1v) is 4.66. The van der Waals surface area contributed by atoms with E-state index in [1.165, 1.54) is 4.90 Å². The van der Waals surface area contributed by atoms with Crippen LogP contribution in [0.15, 0.2) is 0 Å². The molecule has 7 nitrogen and oxygen atoms in total. The van der Waals surface area contributed by atoms with Crippen LogP contribution < -0.4 is 22.1 Å². The maximum Gasteiger partial charge on any atom is 0.316 e. The summed E-state index contributed by atoms with van der Waals surface area (Å²) in [5.41, 5.74) is 10.3. The van der Waals surface area contributed by atoms with Crippen molar-refractivity contribution in [2.24, 2.45) is 11.5 Å². The molecule has 6 N–H and O–H groups in total. The summed E-state index contributed by atoms with van der Waals surface area (Å²) in [6.45, 7) is 1.33. The monoisotopic (exact) mass is 217 g/mol. The van der Waals surface area contributed by atoms with Crippen molar-refractivity contribution in [2.45, 2.75) is 6.04 Å². The molecule has 0 aliphatic heterocycles. The number of carbonyl (C=O) groups is 2. The number of hydrogen-bond acceptors (Lipinski definition) is 4. The van der Waals surface area contributed by atoms with Crippen LogP contribution >= 0.6 is 0 Å². The minimum absolute atomic E-state index is 0.156. The minimum atomic E-state index is -0.686. The molecule has 0 aromatic carbocycles. The van der Waals surface area contributed by atoms with E-state index in [4.69, 9.17) is 11.5 Å². The average molecular weight is 217 g/mol. The summed E-state index contributed by atoms with van der Waals surface area (Å²) < 4.78 is 0. The molecule has 0 saturated carbocycles. The Balaban J connectivity index is 3.40. The lowest BCUT2D eigenvalue weighted by Gasteiger charge is -2.13. The summed E-state index contributed by atoms with van der Waals surface area (Å²) in [5.74, 6) is -0.542. The third-order valence-corrected chi connectivity index (χ3v) is 1.71. The summed E-state index contributed by atoms with van der Waals surface area (Å²) in [5, 5.41) is 5.55. The molecule has 0 aromatic rings. The number of primary amides is 1.